The third-order valence-electron chi connectivity index (χ3n) is 3.03. The fourth-order valence-electron chi connectivity index (χ4n) is 1.58. The average Bonchev–Trinajstić information content (AvgIpc) is 2.54. The fourth-order valence-corrected chi connectivity index (χ4v) is 1.58. The Hall–Kier alpha value is -2.90. The Morgan fingerprint density at radius 3 is 2.61 bits per heavy atom. The number of methoxy groups -OCH3 is 1. The number of carboxylic acid groups (broad SMARTS) is 1. The summed E-state index contributed by atoms with van der Waals surface area (Å²) >= 11 is 0. The van der Waals surface area contributed by atoms with Crippen LogP contribution in [0.5, 0.6) is 5.75 Å². The van der Waals surface area contributed by atoms with Gasteiger partial charge in [0, 0.05) is 6.04 Å². The number of nitrogens with one attached hydrogen (secondary N) is 2. The zero-order valence-electron chi connectivity index (χ0n) is 13.1. The minimum Gasteiger partial charge on any atom is -0.496 e. The molecule has 0 heterocycles. The van der Waals surface area contributed by atoms with E-state index in [1.807, 2.05) is 6.92 Å². The molecule has 3 N–H and O–H groups in total. The van der Waals surface area contributed by atoms with Gasteiger partial charge in [0.15, 0.2) is 0 Å². The summed E-state index contributed by atoms with van der Waals surface area (Å²) < 4.78 is 4.94. The number of carboxylic acids is 1. The minimum atomic E-state index is -1.14. The van der Waals surface area contributed by atoms with E-state index in [-0.39, 0.29) is 17.4 Å². The van der Waals surface area contributed by atoms with Gasteiger partial charge in [-0.2, -0.15) is 5.10 Å². The van der Waals surface area contributed by atoms with Crippen LogP contribution in [0.4, 0.5) is 0 Å². The van der Waals surface area contributed by atoms with Crippen molar-refractivity contribution in [1.29, 1.82) is 0 Å². The molecule has 0 saturated carbocycles. The second-order valence-electron chi connectivity index (χ2n) is 4.75. The number of hydrogen-bond acceptors (Lipinski definition) is 5. The second kappa shape index (κ2) is 8.52. The number of hydrogen-bond donors (Lipinski definition) is 3. The molecule has 0 radical (unpaired) electrons. The van der Waals surface area contributed by atoms with E-state index in [1.165, 1.54) is 25.5 Å². The van der Waals surface area contributed by atoms with Gasteiger partial charge in [0.25, 0.3) is 0 Å². The minimum absolute atomic E-state index is 0.0303. The molecule has 8 heteroatoms. The first kappa shape index (κ1) is 18.1. The van der Waals surface area contributed by atoms with Crippen molar-refractivity contribution < 1.29 is 24.2 Å². The molecule has 2 amide bonds. The summed E-state index contributed by atoms with van der Waals surface area (Å²) in [7, 11) is 1.37. The van der Waals surface area contributed by atoms with Gasteiger partial charge in [0.05, 0.1) is 13.3 Å². The first-order valence-corrected chi connectivity index (χ1v) is 6.94. The van der Waals surface area contributed by atoms with Gasteiger partial charge in [-0.25, -0.2) is 10.2 Å². The summed E-state index contributed by atoms with van der Waals surface area (Å²) in [5, 5.41) is 15.2. The lowest BCUT2D eigenvalue weighted by Gasteiger charge is -2.09. The predicted molar refractivity (Wildman–Crippen MR) is 83.6 cm³/mol. The maximum Gasteiger partial charge on any atom is 0.339 e. The van der Waals surface area contributed by atoms with Crippen LogP contribution in [0.2, 0.25) is 0 Å². The molecule has 0 aliphatic heterocycles. The van der Waals surface area contributed by atoms with Gasteiger partial charge in [0.1, 0.15) is 11.3 Å². The van der Waals surface area contributed by atoms with E-state index < -0.39 is 17.8 Å². The van der Waals surface area contributed by atoms with Crippen molar-refractivity contribution in [3.8, 4) is 5.75 Å². The van der Waals surface area contributed by atoms with Gasteiger partial charge in [-0.1, -0.05) is 6.92 Å². The highest BCUT2D eigenvalue weighted by Crippen LogP contribution is 2.18. The molecule has 0 aliphatic carbocycles. The van der Waals surface area contributed by atoms with Gasteiger partial charge in [-0.3, -0.25) is 9.59 Å². The summed E-state index contributed by atoms with van der Waals surface area (Å²) in [6.45, 7) is 3.66. The number of rotatable bonds is 6. The van der Waals surface area contributed by atoms with Crippen molar-refractivity contribution in [1.82, 2.24) is 10.7 Å². The van der Waals surface area contributed by atoms with Crippen LogP contribution in [0.25, 0.3) is 0 Å². The number of carbonyl (C=O) groups is 3. The molecule has 1 rings (SSSR count). The third-order valence-corrected chi connectivity index (χ3v) is 3.03. The molecule has 0 aliphatic rings. The van der Waals surface area contributed by atoms with Crippen LogP contribution in [-0.2, 0) is 9.59 Å². The zero-order chi connectivity index (χ0) is 17.4. The van der Waals surface area contributed by atoms with Gasteiger partial charge in [0.2, 0.25) is 0 Å². The number of carbonyl (C=O) groups excluding carboxylic acids is 2. The number of aromatic carboxylic acids is 1. The second-order valence-corrected chi connectivity index (χ2v) is 4.75. The van der Waals surface area contributed by atoms with E-state index in [9.17, 15) is 14.4 Å². The van der Waals surface area contributed by atoms with Crippen LogP contribution in [0.1, 0.15) is 36.2 Å². The zero-order valence-corrected chi connectivity index (χ0v) is 13.1. The molecule has 1 aromatic rings. The molecule has 124 valence electrons. The summed E-state index contributed by atoms with van der Waals surface area (Å²) in [4.78, 5) is 34.1. The highest BCUT2D eigenvalue weighted by molar-refractivity contribution is 6.35. The van der Waals surface area contributed by atoms with E-state index in [4.69, 9.17) is 9.84 Å². The molecule has 1 atom stereocenters. The maximum absolute atomic E-state index is 11.5. The first-order chi connectivity index (χ1) is 10.9. The monoisotopic (exact) mass is 321 g/mol. The van der Waals surface area contributed by atoms with E-state index in [0.29, 0.717) is 12.0 Å². The quantitative estimate of drug-likeness (QED) is 0.406. The van der Waals surface area contributed by atoms with Crippen molar-refractivity contribution in [2.45, 2.75) is 26.3 Å². The molecule has 23 heavy (non-hydrogen) atoms. The van der Waals surface area contributed by atoms with Crippen LogP contribution in [-0.4, -0.2) is 42.3 Å². The Kier molecular flexibility index (Phi) is 6.72. The Labute approximate surface area is 133 Å². The smallest absolute Gasteiger partial charge is 0.339 e. The molecule has 1 aromatic carbocycles. The Morgan fingerprint density at radius 1 is 1.35 bits per heavy atom. The van der Waals surface area contributed by atoms with Crippen molar-refractivity contribution in [2.75, 3.05) is 7.11 Å². The van der Waals surface area contributed by atoms with Gasteiger partial charge in [-0.05, 0) is 37.1 Å². The number of benzene rings is 1. The lowest BCUT2D eigenvalue weighted by molar-refractivity contribution is -0.139. The van der Waals surface area contributed by atoms with E-state index >= 15 is 0 Å². The van der Waals surface area contributed by atoms with E-state index in [2.05, 4.69) is 15.8 Å². The summed E-state index contributed by atoms with van der Waals surface area (Å²) in [5.41, 5.74) is 2.48. The molecule has 8 nitrogen and oxygen atoms in total. The third kappa shape index (κ3) is 5.42. The molecular formula is C15H19N3O5. The largest absolute Gasteiger partial charge is 0.496 e. The van der Waals surface area contributed by atoms with E-state index in [0.717, 1.165) is 0 Å². The standard InChI is InChI=1S/C15H19N3O5/c1-4-9(2)17-13(19)14(20)18-16-8-10-5-6-12(23-3)11(7-10)15(21)22/h5-9H,4H2,1-3H3,(H,17,19)(H,18,20)(H,21,22)/b16-8-/t9-/m1/s1. The molecule has 0 spiro atoms. The van der Waals surface area contributed by atoms with Crippen molar-refractivity contribution in [3.05, 3.63) is 29.3 Å². The number of hydrazone groups is 1. The summed E-state index contributed by atoms with van der Waals surface area (Å²) in [6, 6.07) is 4.27. The van der Waals surface area contributed by atoms with Crippen LogP contribution >= 0.6 is 0 Å². The lowest BCUT2D eigenvalue weighted by Crippen LogP contribution is -2.41. The molecule has 0 saturated heterocycles. The number of amides is 2. The van der Waals surface area contributed by atoms with Crippen molar-refractivity contribution in [3.63, 3.8) is 0 Å². The van der Waals surface area contributed by atoms with Gasteiger partial charge < -0.3 is 15.2 Å². The Balaban J connectivity index is 2.71. The SMILES string of the molecule is CC[C@@H](C)NC(=O)C(=O)N/N=C\c1ccc(OC)c(C(=O)O)c1. The Morgan fingerprint density at radius 2 is 2.04 bits per heavy atom. The fraction of sp³-hybridized carbons (Fsp3) is 0.333. The summed E-state index contributed by atoms with van der Waals surface area (Å²) in [5.74, 6) is -2.60. The van der Waals surface area contributed by atoms with Crippen molar-refractivity contribution in [2.24, 2.45) is 5.10 Å². The average molecular weight is 321 g/mol. The molecule has 0 aromatic heterocycles. The van der Waals surface area contributed by atoms with Crippen LogP contribution in [0, 0.1) is 0 Å². The normalized spacial score (nSPS) is 11.8. The topological polar surface area (TPSA) is 117 Å². The van der Waals surface area contributed by atoms with E-state index in [1.54, 1.807) is 13.0 Å². The predicted octanol–water partition coefficient (Wildman–Crippen LogP) is 0.758. The molecule has 0 unspecified atom stereocenters. The molecular weight excluding hydrogens is 302 g/mol. The van der Waals surface area contributed by atoms with Crippen LogP contribution in [0.15, 0.2) is 23.3 Å². The van der Waals surface area contributed by atoms with Crippen LogP contribution < -0.4 is 15.5 Å². The number of ether oxygens (including phenoxy) is 1. The maximum atomic E-state index is 11.5. The highest BCUT2D eigenvalue weighted by atomic mass is 16.5. The molecule has 0 bridgehead atoms. The van der Waals surface area contributed by atoms with Crippen LogP contribution in [0.3, 0.4) is 0 Å². The van der Waals surface area contributed by atoms with Gasteiger partial charge in [-0.15, -0.1) is 0 Å². The van der Waals surface area contributed by atoms with Crippen molar-refractivity contribution >= 4 is 24.0 Å². The first-order valence-electron chi connectivity index (χ1n) is 6.94. The lowest BCUT2D eigenvalue weighted by atomic mass is 10.1. The Bertz CT molecular complexity index is 628. The molecule has 0 fully saturated rings. The highest BCUT2D eigenvalue weighted by Gasteiger charge is 2.14. The summed E-state index contributed by atoms with van der Waals surface area (Å²) in [6.07, 6.45) is 1.94. The number of nitrogens with zero attached hydrogens (tertiary/aromatic N) is 1. The van der Waals surface area contributed by atoms with Gasteiger partial charge >= 0.3 is 17.8 Å².